The minimum atomic E-state index is -1.89. The highest BCUT2D eigenvalue weighted by Gasteiger charge is 2.55. The van der Waals surface area contributed by atoms with Crippen LogP contribution in [0.4, 0.5) is 0 Å². The van der Waals surface area contributed by atoms with Crippen LogP contribution in [0.5, 0.6) is 23.0 Å². The lowest BCUT2D eigenvalue weighted by Crippen LogP contribution is -2.32. The number of phenols is 2. The second-order valence-electron chi connectivity index (χ2n) is 6.51. The van der Waals surface area contributed by atoms with E-state index in [1.807, 2.05) is 0 Å². The number of ether oxygens (including phenoxy) is 2. The number of phenolic OH excluding ortho intramolecular Hbond substituents is 2. The Morgan fingerprint density at radius 1 is 0.929 bits per heavy atom. The third-order valence-electron chi connectivity index (χ3n) is 4.98. The van der Waals surface area contributed by atoms with Crippen LogP contribution in [-0.2, 0) is 21.7 Å². The molecule has 2 aliphatic rings. The Balaban J connectivity index is 1.90. The molecular formula is C20H13NO6S. The van der Waals surface area contributed by atoms with Crippen molar-refractivity contribution in [2.24, 2.45) is 5.14 Å². The molecule has 8 heteroatoms. The van der Waals surface area contributed by atoms with Gasteiger partial charge in [-0.2, -0.15) is 0 Å². The van der Waals surface area contributed by atoms with E-state index < -0.39 is 22.9 Å². The van der Waals surface area contributed by atoms with Crippen LogP contribution >= 0.6 is 0 Å². The van der Waals surface area contributed by atoms with E-state index in [2.05, 4.69) is 0 Å². The van der Waals surface area contributed by atoms with Crippen LogP contribution in [0.1, 0.15) is 27.0 Å². The Morgan fingerprint density at radius 2 is 1.54 bits per heavy atom. The first kappa shape index (κ1) is 16.9. The Morgan fingerprint density at radius 3 is 2.11 bits per heavy atom. The summed E-state index contributed by atoms with van der Waals surface area (Å²) in [4.78, 5) is 13.0. The predicted molar refractivity (Wildman–Crippen MR) is 98.6 cm³/mol. The maximum Gasteiger partial charge on any atom is 0.345 e. The summed E-state index contributed by atoms with van der Waals surface area (Å²) < 4.78 is 23.8. The molecule has 2 aliphatic heterocycles. The monoisotopic (exact) mass is 395 g/mol. The second-order valence-corrected chi connectivity index (χ2v) is 7.54. The topological polar surface area (TPSA) is 125 Å². The van der Waals surface area contributed by atoms with Gasteiger partial charge >= 0.3 is 5.97 Å². The Labute approximate surface area is 162 Å². The number of nitrogens with two attached hydrogens (primary N) is 1. The summed E-state index contributed by atoms with van der Waals surface area (Å²) in [6.07, 6.45) is 0. The van der Waals surface area contributed by atoms with Crippen molar-refractivity contribution in [1.29, 1.82) is 0 Å². The summed E-state index contributed by atoms with van der Waals surface area (Å²) in [5.74, 6) is -0.168. The minimum absolute atomic E-state index is 0.0288. The van der Waals surface area contributed by atoms with Crippen molar-refractivity contribution in [3.8, 4) is 23.0 Å². The fourth-order valence-electron chi connectivity index (χ4n) is 3.88. The van der Waals surface area contributed by atoms with Gasteiger partial charge in [0, 0.05) is 28.8 Å². The lowest BCUT2D eigenvalue weighted by atomic mass is 9.77. The van der Waals surface area contributed by atoms with Gasteiger partial charge in [-0.1, -0.05) is 12.1 Å². The fraction of sp³-hybridized carbons (Fsp3) is 0.0500. The number of rotatable bonds is 1. The first-order valence-electron chi connectivity index (χ1n) is 8.29. The van der Waals surface area contributed by atoms with Crippen molar-refractivity contribution in [2.75, 3.05) is 0 Å². The lowest BCUT2D eigenvalue weighted by Gasteiger charge is -2.36. The van der Waals surface area contributed by atoms with Crippen LogP contribution in [0.2, 0.25) is 0 Å². The maximum absolute atomic E-state index is 12.9. The number of aromatic hydroxyl groups is 2. The number of esters is 1. The molecule has 0 saturated heterocycles. The lowest BCUT2D eigenvalue weighted by molar-refractivity contribution is 0.0222. The van der Waals surface area contributed by atoms with Crippen LogP contribution in [0.15, 0.2) is 59.5 Å². The molecular weight excluding hydrogens is 382 g/mol. The predicted octanol–water partition coefficient (Wildman–Crippen LogP) is 2.65. The van der Waals surface area contributed by atoms with Crippen LogP contribution in [0.25, 0.3) is 0 Å². The largest absolute Gasteiger partial charge is 0.593 e. The van der Waals surface area contributed by atoms with Gasteiger partial charge in [0.05, 0.1) is 11.4 Å². The van der Waals surface area contributed by atoms with E-state index in [0.29, 0.717) is 16.7 Å². The molecule has 140 valence electrons. The van der Waals surface area contributed by atoms with Crippen molar-refractivity contribution in [1.82, 2.24) is 0 Å². The minimum Gasteiger partial charge on any atom is -0.593 e. The molecule has 0 bridgehead atoms. The van der Waals surface area contributed by atoms with Gasteiger partial charge in [-0.25, -0.2) is 4.79 Å². The van der Waals surface area contributed by atoms with Crippen molar-refractivity contribution >= 4 is 17.3 Å². The molecule has 1 atom stereocenters. The summed E-state index contributed by atoms with van der Waals surface area (Å²) in [5.41, 5.74) is 0.219. The van der Waals surface area contributed by atoms with Crippen molar-refractivity contribution < 1.29 is 29.0 Å². The molecule has 7 nitrogen and oxygen atoms in total. The van der Waals surface area contributed by atoms with Crippen molar-refractivity contribution in [3.63, 3.8) is 0 Å². The third-order valence-corrected chi connectivity index (χ3v) is 5.75. The molecule has 0 saturated carbocycles. The fourth-order valence-corrected chi connectivity index (χ4v) is 4.49. The van der Waals surface area contributed by atoms with Gasteiger partial charge < -0.3 is 24.2 Å². The molecule has 1 spiro atoms. The number of benzene rings is 3. The van der Waals surface area contributed by atoms with Crippen LogP contribution in [0.3, 0.4) is 0 Å². The van der Waals surface area contributed by atoms with Crippen LogP contribution < -0.4 is 9.88 Å². The summed E-state index contributed by atoms with van der Waals surface area (Å²) in [7, 11) is 0. The number of carbonyl (C=O) groups is 1. The van der Waals surface area contributed by atoms with E-state index >= 15 is 0 Å². The van der Waals surface area contributed by atoms with Crippen LogP contribution in [0, 0.1) is 0 Å². The van der Waals surface area contributed by atoms with E-state index in [1.54, 1.807) is 24.3 Å². The van der Waals surface area contributed by atoms with Gasteiger partial charge in [0.25, 0.3) is 0 Å². The average Bonchev–Trinajstić information content (AvgIpc) is 2.95. The number of hydrogen-bond acceptors (Lipinski definition) is 7. The third kappa shape index (κ3) is 2.10. The van der Waals surface area contributed by atoms with E-state index in [0.717, 1.165) is 0 Å². The van der Waals surface area contributed by atoms with Crippen molar-refractivity contribution in [2.45, 2.75) is 10.5 Å². The molecule has 3 aromatic carbocycles. The van der Waals surface area contributed by atoms with E-state index in [4.69, 9.17) is 14.6 Å². The summed E-state index contributed by atoms with van der Waals surface area (Å²) >= 11 is -1.89. The highest BCUT2D eigenvalue weighted by molar-refractivity contribution is 7.89. The van der Waals surface area contributed by atoms with Crippen LogP contribution in [-0.4, -0.2) is 20.7 Å². The average molecular weight is 395 g/mol. The maximum atomic E-state index is 12.9. The van der Waals surface area contributed by atoms with Gasteiger partial charge in [-0.15, -0.1) is 5.14 Å². The first-order valence-corrected chi connectivity index (χ1v) is 9.51. The smallest absolute Gasteiger partial charge is 0.345 e. The van der Waals surface area contributed by atoms with E-state index in [9.17, 15) is 19.6 Å². The Hall–Kier alpha value is -3.20. The zero-order valence-electron chi connectivity index (χ0n) is 14.2. The Bertz CT molecular complexity index is 1110. The quantitative estimate of drug-likeness (QED) is 0.427. The van der Waals surface area contributed by atoms with Crippen molar-refractivity contribution in [3.05, 3.63) is 76.9 Å². The number of carbonyl (C=O) groups excluding carboxylic acids is 1. The Kier molecular flexibility index (Phi) is 3.42. The molecule has 0 amide bonds. The summed E-state index contributed by atoms with van der Waals surface area (Å²) in [6, 6.07) is 13.8. The SMILES string of the molecule is N[S+]([O-])c1cccc2c1C(=O)OC21c2ccc(O)cc2Oc2cc(O)ccc21. The molecule has 3 aromatic rings. The van der Waals surface area contributed by atoms with E-state index in [1.165, 1.54) is 30.3 Å². The molecule has 1 unspecified atom stereocenters. The van der Waals surface area contributed by atoms with E-state index in [-0.39, 0.29) is 33.5 Å². The molecule has 0 radical (unpaired) electrons. The number of hydrogen-bond donors (Lipinski definition) is 3. The molecule has 0 aromatic heterocycles. The first-order chi connectivity index (χ1) is 13.4. The van der Waals surface area contributed by atoms with Gasteiger partial charge in [-0.05, 0) is 30.3 Å². The highest BCUT2D eigenvalue weighted by Crippen LogP contribution is 2.57. The van der Waals surface area contributed by atoms with Gasteiger partial charge in [-0.3, -0.25) is 0 Å². The molecule has 0 fully saturated rings. The molecule has 4 N–H and O–H groups in total. The second kappa shape index (κ2) is 5.65. The molecule has 28 heavy (non-hydrogen) atoms. The summed E-state index contributed by atoms with van der Waals surface area (Å²) in [5, 5.41) is 25.4. The molecule has 5 rings (SSSR count). The summed E-state index contributed by atoms with van der Waals surface area (Å²) in [6.45, 7) is 0. The molecule has 0 aliphatic carbocycles. The number of fused-ring (bicyclic) bond motifs is 6. The van der Waals surface area contributed by atoms with Gasteiger partial charge in [0.15, 0.2) is 10.5 Å². The zero-order chi connectivity index (χ0) is 19.6. The zero-order valence-corrected chi connectivity index (χ0v) is 15.0. The normalized spacial score (nSPS) is 16.6. The molecule has 2 heterocycles. The van der Waals surface area contributed by atoms with Gasteiger partial charge in [0.2, 0.25) is 0 Å². The standard InChI is InChI=1S/C20H13NO6S/c21-28(25)17-3-1-2-14-18(17)19(24)27-20(14)12-6-4-10(22)8-15(12)26-16-9-11(23)5-7-13(16)20/h1-9,22-23H,21H2. The highest BCUT2D eigenvalue weighted by atomic mass is 32.2. The van der Waals surface area contributed by atoms with Gasteiger partial charge in [0.1, 0.15) is 28.6 Å².